The van der Waals surface area contributed by atoms with Gasteiger partial charge in [-0.25, -0.2) is 8.78 Å². The summed E-state index contributed by atoms with van der Waals surface area (Å²) in [6.07, 6.45) is -1.08. The Morgan fingerprint density at radius 1 is 1.22 bits per heavy atom. The normalized spacial score (nSPS) is 13.4. The molecule has 2 aromatic carbocycles. The van der Waals surface area contributed by atoms with Gasteiger partial charge < -0.3 is 10.4 Å². The van der Waals surface area contributed by atoms with E-state index in [2.05, 4.69) is 5.32 Å². The number of hydrogen-bond acceptors (Lipinski definition) is 2. The van der Waals surface area contributed by atoms with Crippen molar-refractivity contribution >= 4 is 17.5 Å². The second-order valence-corrected chi connectivity index (χ2v) is 5.58. The largest absolute Gasteiger partial charge is 0.387 e. The molecule has 0 radical (unpaired) electrons. The molecule has 2 aromatic rings. The Balaban J connectivity index is 1.98. The van der Waals surface area contributed by atoms with Gasteiger partial charge in [-0.3, -0.25) is 4.79 Å². The van der Waals surface area contributed by atoms with Crippen LogP contribution in [-0.2, 0) is 4.79 Å². The average molecular weight is 340 g/mol. The molecule has 1 amide bonds. The van der Waals surface area contributed by atoms with E-state index in [0.717, 1.165) is 6.07 Å². The summed E-state index contributed by atoms with van der Waals surface area (Å²) in [5, 5.41) is 12.5. The van der Waals surface area contributed by atoms with E-state index in [0.29, 0.717) is 5.56 Å². The van der Waals surface area contributed by atoms with Crippen LogP contribution in [0.5, 0.6) is 0 Å². The van der Waals surface area contributed by atoms with E-state index in [9.17, 15) is 18.7 Å². The maximum Gasteiger partial charge on any atom is 0.227 e. The molecule has 2 atom stereocenters. The molecule has 0 bridgehead atoms. The molecule has 2 N–H and O–H groups in total. The van der Waals surface area contributed by atoms with Crippen molar-refractivity contribution in [2.75, 3.05) is 6.54 Å². The van der Waals surface area contributed by atoms with E-state index < -0.39 is 29.6 Å². The summed E-state index contributed by atoms with van der Waals surface area (Å²) in [4.78, 5) is 12.1. The molecule has 23 heavy (non-hydrogen) atoms. The molecule has 0 heterocycles. The number of aliphatic hydroxyl groups excluding tert-OH is 1. The first-order valence-corrected chi connectivity index (χ1v) is 7.43. The van der Waals surface area contributed by atoms with Crippen LogP contribution in [0, 0.1) is 11.6 Å². The Bertz CT molecular complexity index is 709. The highest BCUT2D eigenvalue weighted by Crippen LogP contribution is 2.21. The van der Waals surface area contributed by atoms with Gasteiger partial charge in [-0.15, -0.1) is 0 Å². The summed E-state index contributed by atoms with van der Waals surface area (Å²) in [7, 11) is 0. The van der Waals surface area contributed by atoms with Gasteiger partial charge in [-0.2, -0.15) is 0 Å². The summed E-state index contributed by atoms with van der Waals surface area (Å²) in [5.74, 6) is -2.24. The number of carbonyl (C=O) groups is 1. The Morgan fingerprint density at radius 2 is 1.91 bits per heavy atom. The van der Waals surface area contributed by atoms with Gasteiger partial charge >= 0.3 is 0 Å². The molecule has 6 heteroatoms. The molecule has 122 valence electrons. The first kappa shape index (κ1) is 17.4. The quantitative estimate of drug-likeness (QED) is 0.875. The number of benzene rings is 2. The fraction of sp³-hybridized carbons (Fsp3) is 0.235. The number of amides is 1. The van der Waals surface area contributed by atoms with Gasteiger partial charge in [0.2, 0.25) is 5.91 Å². The van der Waals surface area contributed by atoms with E-state index in [1.54, 1.807) is 19.1 Å². The predicted molar refractivity (Wildman–Crippen MR) is 84.2 cm³/mol. The van der Waals surface area contributed by atoms with Crippen LogP contribution in [0.2, 0.25) is 5.02 Å². The molecule has 0 aliphatic heterocycles. The Kier molecular flexibility index (Phi) is 5.69. The van der Waals surface area contributed by atoms with Crippen molar-refractivity contribution in [1.29, 1.82) is 0 Å². The lowest BCUT2D eigenvalue weighted by atomic mass is 9.99. The van der Waals surface area contributed by atoms with Crippen LogP contribution in [0.1, 0.15) is 30.1 Å². The molecule has 0 saturated carbocycles. The standard InChI is InChI=1S/C17H16ClF2NO2/c1-10(12-4-2-3-5-14(12)19)17(23)21-9-16(22)11-6-7-13(18)15(20)8-11/h2-8,10,16,22H,9H2,1H3,(H,21,23). The third-order valence-electron chi connectivity index (χ3n) is 3.56. The Hall–Kier alpha value is -1.98. The molecular formula is C17H16ClF2NO2. The maximum atomic E-state index is 13.7. The number of nitrogens with one attached hydrogen (secondary N) is 1. The highest BCUT2D eigenvalue weighted by atomic mass is 35.5. The molecular weight excluding hydrogens is 324 g/mol. The third kappa shape index (κ3) is 4.27. The topological polar surface area (TPSA) is 49.3 Å². The van der Waals surface area contributed by atoms with Crippen molar-refractivity contribution in [3.05, 3.63) is 70.2 Å². The Morgan fingerprint density at radius 3 is 2.57 bits per heavy atom. The van der Waals surface area contributed by atoms with Gasteiger partial charge in [0, 0.05) is 6.54 Å². The van der Waals surface area contributed by atoms with Gasteiger partial charge in [-0.05, 0) is 36.2 Å². The summed E-state index contributed by atoms with van der Waals surface area (Å²) >= 11 is 5.58. The minimum Gasteiger partial charge on any atom is -0.387 e. The van der Waals surface area contributed by atoms with Crippen molar-refractivity contribution in [2.45, 2.75) is 18.9 Å². The maximum absolute atomic E-state index is 13.7. The molecule has 0 fully saturated rings. The molecule has 2 rings (SSSR count). The molecule has 2 unspecified atom stereocenters. The van der Waals surface area contributed by atoms with Crippen molar-refractivity contribution < 1.29 is 18.7 Å². The molecule has 0 aliphatic carbocycles. The highest BCUT2D eigenvalue weighted by Gasteiger charge is 2.19. The zero-order chi connectivity index (χ0) is 17.0. The molecule has 0 aliphatic rings. The minimum absolute atomic E-state index is 0.0434. The van der Waals surface area contributed by atoms with E-state index in [1.807, 2.05) is 0 Å². The van der Waals surface area contributed by atoms with Crippen molar-refractivity contribution in [1.82, 2.24) is 5.32 Å². The van der Waals surface area contributed by atoms with Crippen LogP contribution < -0.4 is 5.32 Å². The zero-order valence-electron chi connectivity index (χ0n) is 12.4. The summed E-state index contributed by atoms with van der Waals surface area (Å²) in [5.41, 5.74) is 0.572. The van der Waals surface area contributed by atoms with Crippen LogP contribution in [-0.4, -0.2) is 17.6 Å². The predicted octanol–water partition coefficient (Wildman–Crippen LogP) is 3.57. The smallest absolute Gasteiger partial charge is 0.227 e. The summed E-state index contributed by atoms with van der Waals surface area (Å²) < 4.78 is 27.0. The third-order valence-corrected chi connectivity index (χ3v) is 3.87. The van der Waals surface area contributed by atoms with Crippen LogP contribution in [0.25, 0.3) is 0 Å². The van der Waals surface area contributed by atoms with Crippen LogP contribution in [0.15, 0.2) is 42.5 Å². The lowest BCUT2D eigenvalue weighted by Gasteiger charge is -2.16. The molecule has 3 nitrogen and oxygen atoms in total. The SMILES string of the molecule is CC(C(=O)NCC(O)c1ccc(Cl)c(F)c1)c1ccccc1F. The highest BCUT2D eigenvalue weighted by molar-refractivity contribution is 6.30. The van der Waals surface area contributed by atoms with Gasteiger partial charge in [0.15, 0.2) is 0 Å². The van der Waals surface area contributed by atoms with Crippen LogP contribution >= 0.6 is 11.6 Å². The average Bonchev–Trinajstić information content (AvgIpc) is 2.54. The second kappa shape index (κ2) is 7.53. The number of carbonyl (C=O) groups excluding carboxylic acids is 1. The fourth-order valence-corrected chi connectivity index (χ4v) is 2.27. The lowest BCUT2D eigenvalue weighted by molar-refractivity contribution is -0.122. The summed E-state index contributed by atoms with van der Waals surface area (Å²) in [6.45, 7) is 1.46. The van der Waals surface area contributed by atoms with Crippen molar-refractivity contribution in [3.8, 4) is 0 Å². The van der Waals surface area contributed by atoms with E-state index >= 15 is 0 Å². The first-order valence-electron chi connectivity index (χ1n) is 7.05. The van der Waals surface area contributed by atoms with E-state index in [1.165, 1.54) is 24.3 Å². The number of halogens is 3. The van der Waals surface area contributed by atoms with Crippen LogP contribution in [0.3, 0.4) is 0 Å². The minimum atomic E-state index is -1.08. The second-order valence-electron chi connectivity index (χ2n) is 5.18. The first-order chi connectivity index (χ1) is 10.9. The molecule has 0 saturated heterocycles. The zero-order valence-corrected chi connectivity index (χ0v) is 13.1. The molecule has 0 aromatic heterocycles. The monoisotopic (exact) mass is 339 g/mol. The van der Waals surface area contributed by atoms with Gasteiger partial charge in [0.25, 0.3) is 0 Å². The van der Waals surface area contributed by atoms with Gasteiger partial charge in [0.1, 0.15) is 11.6 Å². The lowest BCUT2D eigenvalue weighted by Crippen LogP contribution is -2.32. The van der Waals surface area contributed by atoms with Gasteiger partial charge in [0.05, 0.1) is 17.0 Å². The number of aliphatic hydroxyl groups is 1. The van der Waals surface area contributed by atoms with Gasteiger partial charge in [-0.1, -0.05) is 35.9 Å². The van der Waals surface area contributed by atoms with Crippen molar-refractivity contribution in [3.63, 3.8) is 0 Å². The number of hydrogen-bond donors (Lipinski definition) is 2. The number of rotatable bonds is 5. The molecule has 0 spiro atoms. The van der Waals surface area contributed by atoms with Crippen molar-refractivity contribution in [2.24, 2.45) is 0 Å². The summed E-state index contributed by atoms with van der Waals surface area (Å²) in [6, 6.07) is 9.92. The van der Waals surface area contributed by atoms with E-state index in [-0.39, 0.29) is 17.1 Å². The van der Waals surface area contributed by atoms with E-state index in [4.69, 9.17) is 11.6 Å². The van der Waals surface area contributed by atoms with Crippen LogP contribution in [0.4, 0.5) is 8.78 Å². The fourth-order valence-electron chi connectivity index (χ4n) is 2.16. The Labute approximate surface area is 137 Å².